The van der Waals surface area contributed by atoms with Gasteiger partial charge in [-0.3, -0.25) is 4.79 Å². The quantitative estimate of drug-likeness (QED) is 0.643. The van der Waals surface area contributed by atoms with Crippen LogP contribution in [0.3, 0.4) is 0 Å². The molecule has 1 fully saturated rings. The standard InChI is InChI=1S/C8H12ClFO2/c9-8(11)7(10)5-6-3-1-2-4-12-6/h6-7H,1-5H2. The summed E-state index contributed by atoms with van der Waals surface area (Å²) < 4.78 is 18.0. The lowest BCUT2D eigenvalue weighted by atomic mass is 10.0. The zero-order valence-electron chi connectivity index (χ0n) is 6.76. The maximum atomic E-state index is 12.7. The smallest absolute Gasteiger partial charge is 0.255 e. The zero-order chi connectivity index (χ0) is 8.97. The topological polar surface area (TPSA) is 26.3 Å². The molecule has 0 aromatic carbocycles. The van der Waals surface area contributed by atoms with Crippen LogP contribution in [0.4, 0.5) is 4.39 Å². The molecule has 4 heteroatoms. The van der Waals surface area contributed by atoms with Gasteiger partial charge in [-0.1, -0.05) is 0 Å². The predicted molar refractivity (Wildman–Crippen MR) is 44.0 cm³/mol. The second kappa shape index (κ2) is 4.77. The molecule has 1 aliphatic heterocycles. The normalized spacial score (nSPS) is 26.7. The van der Waals surface area contributed by atoms with Crippen molar-refractivity contribution in [1.29, 1.82) is 0 Å². The minimum absolute atomic E-state index is 0.113. The van der Waals surface area contributed by atoms with Crippen LogP contribution >= 0.6 is 11.6 Å². The average Bonchev–Trinajstić information content (AvgIpc) is 2.06. The molecule has 1 heterocycles. The summed E-state index contributed by atoms with van der Waals surface area (Å²) in [6.45, 7) is 0.674. The van der Waals surface area contributed by atoms with Gasteiger partial charge in [0.1, 0.15) is 0 Å². The first-order valence-corrected chi connectivity index (χ1v) is 4.53. The number of alkyl halides is 1. The average molecular weight is 195 g/mol. The van der Waals surface area contributed by atoms with E-state index >= 15 is 0 Å². The number of hydrogen-bond donors (Lipinski definition) is 0. The number of carbonyl (C=O) groups excluding carboxylic acids is 1. The number of hydrogen-bond acceptors (Lipinski definition) is 2. The van der Waals surface area contributed by atoms with Gasteiger partial charge in [0.25, 0.3) is 5.24 Å². The molecule has 70 valence electrons. The van der Waals surface area contributed by atoms with Crippen molar-refractivity contribution in [3.05, 3.63) is 0 Å². The Morgan fingerprint density at radius 1 is 1.67 bits per heavy atom. The van der Waals surface area contributed by atoms with Gasteiger partial charge in [0.05, 0.1) is 6.10 Å². The molecule has 0 amide bonds. The Kier molecular flexibility index (Phi) is 3.95. The fourth-order valence-electron chi connectivity index (χ4n) is 1.32. The second-order valence-corrected chi connectivity index (χ2v) is 3.37. The Labute approximate surface area is 76.0 Å². The maximum absolute atomic E-state index is 12.7. The minimum atomic E-state index is -1.56. The van der Waals surface area contributed by atoms with Crippen molar-refractivity contribution in [3.8, 4) is 0 Å². The first-order chi connectivity index (χ1) is 5.70. The summed E-state index contributed by atoms with van der Waals surface area (Å²) in [6, 6.07) is 0. The van der Waals surface area contributed by atoms with Gasteiger partial charge < -0.3 is 4.74 Å². The van der Waals surface area contributed by atoms with Crippen LogP contribution in [0.1, 0.15) is 25.7 Å². The molecule has 2 unspecified atom stereocenters. The van der Waals surface area contributed by atoms with Gasteiger partial charge >= 0.3 is 0 Å². The number of ether oxygens (including phenoxy) is 1. The third kappa shape index (κ3) is 3.07. The largest absolute Gasteiger partial charge is 0.378 e. The Balaban J connectivity index is 2.24. The highest BCUT2D eigenvalue weighted by Crippen LogP contribution is 2.19. The summed E-state index contributed by atoms with van der Waals surface area (Å²) in [5.41, 5.74) is 0. The van der Waals surface area contributed by atoms with Gasteiger partial charge in [0.2, 0.25) is 0 Å². The molecule has 12 heavy (non-hydrogen) atoms. The molecule has 0 spiro atoms. The van der Waals surface area contributed by atoms with Gasteiger partial charge in [0.15, 0.2) is 6.17 Å². The molecule has 1 rings (SSSR count). The van der Waals surface area contributed by atoms with Crippen LogP contribution in [0, 0.1) is 0 Å². The molecule has 1 aliphatic rings. The molecule has 0 bridgehead atoms. The van der Waals surface area contributed by atoms with Gasteiger partial charge in [0, 0.05) is 13.0 Å². The van der Waals surface area contributed by atoms with E-state index in [1.165, 1.54) is 0 Å². The second-order valence-electron chi connectivity index (χ2n) is 3.00. The summed E-state index contributed by atoms with van der Waals surface area (Å²) in [6.07, 6.45) is 1.36. The molecule has 1 saturated heterocycles. The van der Waals surface area contributed by atoms with E-state index in [-0.39, 0.29) is 12.5 Å². The monoisotopic (exact) mass is 194 g/mol. The van der Waals surface area contributed by atoms with Crippen LogP contribution < -0.4 is 0 Å². The third-order valence-corrected chi connectivity index (χ3v) is 2.23. The number of halogens is 2. The molecular formula is C8H12ClFO2. The number of rotatable bonds is 3. The predicted octanol–water partition coefficient (Wildman–Crippen LogP) is 2.05. The van der Waals surface area contributed by atoms with Gasteiger partial charge in [-0.25, -0.2) is 4.39 Å². The highest BCUT2D eigenvalue weighted by Gasteiger charge is 2.22. The van der Waals surface area contributed by atoms with Crippen molar-refractivity contribution in [2.24, 2.45) is 0 Å². The van der Waals surface area contributed by atoms with E-state index in [9.17, 15) is 9.18 Å². The molecule has 0 aromatic rings. The van der Waals surface area contributed by atoms with Crippen LogP contribution in [0.25, 0.3) is 0 Å². The van der Waals surface area contributed by atoms with Crippen molar-refractivity contribution < 1.29 is 13.9 Å². The first kappa shape index (κ1) is 9.93. The molecule has 0 aromatic heterocycles. The van der Waals surface area contributed by atoms with Crippen molar-refractivity contribution in [2.75, 3.05) is 6.61 Å². The van der Waals surface area contributed by atoms with Crippen LogP contribution in [-0.2, 0) is 9.53 Å². The van der Waals surface area contributed by atoms with E-state index in [4.69, 9.17) is 16.3 Å². The summed E-state index contributed by atoms with van der Waals surface area (Å²) in [5.74, 6) is 0. The SMILES string of the molecule is O=C(Cl)C(F)CC1CCCCO1. The molecule has 0 aliphatic carbocycles. The highest BCUT2D eigenvalue weighted by atomic mass is 35.5. The molecule has 0 N–H and O–H groups in total. The molecular weight excluding hydrogens is 183 g/mol. The lowest BCUT2D eigenvalue weighted by molar-refractivity contribution is -0.117. The maximum Gasteiger partial charge on any atom is 0.255 e. The van der Waals surface area contributed by atoms with E-state index in [0.29, 0.717) is 6.61 Å². The van der Waals surface area contributed by atoms with E-state index in [0.717, 1.165) is 19.3 Å². The minimum Gasteiger partial charge on any atom is -0.378 e. The Morgan fingerprint density at radius 2 is 2.42 bits per heavy atom. The van der Waals surface area contributed by atoms with Gasteiger partial charge in [-0.2, -0.15) is 0 Å². The highest BCUT2D eigenvalue weighted by molar-refractivity contribution is 6.64. The Bertz CT molecular complexity index is 157. The lowest BCUT2D eigenvalue weighted by Gasteiger charge is -2.22. The Morgan fingerprint density at radius 3 is 2.92 bits per heavy atom. The fraction of sp³-hybridized carbons (Fsp3) is 0.875. The summed E-state index contributed by atoms with van der Waals surface area (Å²) in [4.78, 5) is 10.4. The zero-order valence-corrected chi connectivity index (χ0v) is 7.52. The van der Waals surface area contributed by atoms with Crippen molar-refractivity contribution in [3.63, 3.8) is 0 Å². The van der Waals surface area contributed by atoms with Crippen molar-refractivity contribution >= 4 is 16.8 Å². The van der Waals surface area contributed by atoms with Crippen molar-refractivity contribution in [2.45, 2.75) is 38.0 Å². The van der Waals surface area contributed by atoms with E-state index < -0.39 is 11.4 Å². The summed E-state index contributed by atoms with van der Waals surface area (Å²) >= 11 is 4.98. The first-order valence-electron chi connectivity index (χ1n) is 4.15. The van der Waals surface area contributed by atoms with Crippen LogP contribution in [0.5, 0.6) is 0 Å². The molecule has 0 radical (unpaired) electrons. The van der Waals surface area contributed by atoms with Crippen LogP contribution in [-0.4, -0.2) is 24.1 Å². The summed E-state index contributed by atoms with van der Waals surface area (Å²) in [5, 5.41) is -0.913. The molecule has 0 saturated carbocycles. The van der Waals surface area contributed by atoms with Gasteiger partial charge in [-0.05, 0) is 30.9 Å². The third-order valence-electron chi connectivity index (χ3n) is 1.99. The van der Waals surface area contributed by atoms with E-state index in [2.05, 4.69) is 0 Å². The molecule has 2 atom stereocenters. The fourth-order valence-corrected chi connectivity index (χ4v) is 1.41. The lowest BCUT2D eigenvalue weighted by Crippen LogP contribution is -2.25. The number of carbonyl (C=O) groups is 1. The molecule has 2 nitrogen and oxygen atoms in total. The van der Waals surface area contributed by atoms with Crippen LogP contribution in [0.2, 0.25) is 0 Å². The van der Waals surface area contributed by atoms with E-state index in [1.54, 1.807) is 0 Å². The van der Waals surface area contributed by atoms with Crippen molar-refractivity contribution in [1.82, 2.24) is 0 Å². The summed E-state index contributed by atoms with van der Waals surface area (Å²) in [7, 11) is 0. The van der Waals surface area contributed by atoms with Gasteiger partial charge in [-0.15, -0.1) is 0 Å². The van der Waals surface area contributed by atoms with Crippen LogP contribution in [0.15, 0.2) is 0 Å². The van der Waals surface area contributed by atoms with E-state index in [1.807, 2.05) is 0 Å². The Hall–Kier alpha value is -0.150.